The van der Waals surface area contributed by atoms with Crippen LogP contribution in [-0.2, 0) is 0 Å². The maximum absolute atomic E-state index is 13.6. The molecule has 1 fully saturated rings. The van der Waals surface area contributed by atoms with E-state index < -0.39 is 0 Å². The number of hydrogen-bond donors (Lipinski definition) is 1. The second kappa shape index (κ2) is 9.60. The molecule has 2 aromatic carbocycles. The van der Waals surface area contributed by atoms with Gasteiger partial charge in [0.1, 0.15) is 11.6 Å². The first-order valence-electron chi connectivity index (χ1n) is 10.9. The quantitative estimate of drug-likeness (QED) is 0.631. The van der Waals surface area contributed by atoms with Crippen LogP contribution in [0.5, 0.6) is 5.75 Å². The molecule has 1 aliphatic rings. The van der Waals surface area contributed by atoms with Gasteiger partial charge in [0.15, 0.2) is 0 Å². The number of β-amino-alcohol motifs (C(OH)–C–C–N with tert-alkyl or cyclic N) is 1. The van der Waals surface area contributed by atoms with E-state index in [1.54, 1.807) is 4.57 Å². The molecule has 1 saturated heterocycles. The molecule has 1 atom stereocenters. The van der Waals surface area contributed by atoms with Crippen LogP contribution >= 0.6 is 0 Å². The van der Waals surface area contributed by atoms with Crippen LogP contribution in [0.3, 0.4) is 0 Å². The molecule has 0 spiro atoms. The first-order chi connectivity index (χ1) is 15.1. The lowest BCUT2D eigenvalue weighted by molar-refractivity contribution is 0.0854. The third-order valence-corrected chi connectivity index (χ3v) is 5.95. The van der Waals surface area contributed by atoms with Gasteiger partial charge in [-0.2, -0.15) is 0 Å². The molecule has 31 heavy (non-hydrogen) atoms. The molecule has 7 heteroatoms. The highest BCUT2D eigenvalue weighted by molar-refractivity contribution is 5.78. The van der Waals surface area contributed by atoms with Crippen LogP contribution in [0.4, 0.5) is 0 Å². The van der Waals surface area contributed by atoms with Gasteiger partial charge in [-0.1, -0.05) is 24.3 Å². The van der Waals surface area contributed by atoms with Gasteiger partial charge in [-0.25, -0.2) is 4.98 Å². The summed E-state index contributed by atoms with van der Waals surface area (Å²) in [6, 6.07) is 15.1. The Morgan fingerprint density at radius 1 is 1.06 bits per heavy atom. The fraction of sp³-hybridized carbons (Fsp3) is 0.417. The number of benzene rings is 2. The van der Waals surface area contributed by atoms with Crippen molar-refractivity contribution in [3.63, 3.8) is 0 Å². The molecular weight excluding hydrogens is 392 g/mol. The molecule has 1 aromatic heterocycles. The van der Waals surface area contributed by atoms with Gasteiger partial charge < -0.3 is 9.84 Å². The van der Waals surface area contributed by atoms with Gasteiger partial charge in [0.25, 0.3) is 5.56 Å². The highest BCUT2D eigenvalue weighted by Gasteiger charge is 2.27. The fourth-order valence-corrected chi connectivity index (χ4v) is 4.26. The SMILES string of the molecule is CCOc1ccccc1-n1c(C(C)N2CCN(CCO)CC2)nc2ccccc2c1=O. The molecule has 1 aliphatic heterocycles. The average molecular weight is 423 g/mol. The Morgan fingerprint density at radius 2 is 1.77 bits per heavy atom. The van der Waals surface area contributed by atoms with Gasteiger partial charge in [-0.3, -0.25) is 19.2 Å². The van der Waals surface area contributed by atoms with Gasteiger partial charge in [-0.05, 0) is 38.1 Å². The second-order valence-electron chi connectivity index (χ2n) is 7.81. The summed E-state index contributed by atoms with van der Waals surface area (Å²) >= 11 is 0. The van der Waals surface area contributed by atoms with Crippen molar-refractivity contribution in [3.05, 3.63) is 64.7 Å². The van der Waals surface area contributed by atoms with Crippen molar-refractivity contribution in [1.29, 1.82) is 0 Å². The molecule has 164 valence electrons. The minimum absolute atomic E-state index is 0.0525. The first-order valence-corrected chi connectivity index (χ1v) is 10.9. The summed E-state index contributed by atoms with van der Waals surface area (Å²) in [6.45, 7) is 8.93. The summed E-state index contributed by atoms with van der Waals surface area (Å²) < 4.78 is 7.57. The van der Waals surface area contributed by atoms with E-state index in [4.69, 9.17) is 9.72 Å². The molecule has 1 unspecified atom stereocenters. The van der Waals surface area contributed by atoms with Crippen molar-refractivity contribution in [2.24, 2.45) is 0 Å². The van der Waals surface area contributed by atoms with Gasteiger partial charge >= 0.3 is 0 Å². The fourth-order valence-electron chi connectivity index (χ4n) is 4.26. The van der Waals surface area contributed by atoms with Gasteiger partial charge in [-0.15, -0.1) is 0 Å². The smallest absolute Gasteiger partial charge is 0.266 e. The van der Waals surface area contributed by atoms with Crippen LogP contribution in [0.25, 0.3) is 16.6 Å². The molecule has 7 nitrogen and oxygen atoms in total. The van der Waals surface area contributed by atoms with Crippen LogP contribution in [0.1, 0.15) is 25.7 Å². The summed E-state index contributed by atoms with van der Waals surface area (Å²) in [5, 5.41) is 9.81. The second-order valence-corrected chi connectivity index (χ2v) is 7.81. The normalized spacial score (nSPS) is 16.5. The standard InChI is InChI=1S/C24H30N4O3/c1-3-31-22-11-7-6-10-21(22)28-23(25-20-9-5-4-8-19(20)24(28)30)18(2)27-14-12-26(13-15-27)16-17-29/h4-11,18,29H,3,12-17H2,1-2H3. The van der Waals surface area contributed by atoms with Crippen molar-refractivity contribution in [3.8, 4) is 11.4 Å². The number of fused-ring (bicyclic) bond motifs is 1. The van der Waals surface area contributed by atoms with Gasteiger partial charge in [0.2, 0.25) is 0 Å². The molecule has 0 radical (unpaired) electrons. The number of nitrogens with zero attached hydrogens (tertiary/aromatic N) is 4. The van der Waals surface area contributed by atoms with Gasteiger partial charge in [0.05, 0.1) is 35.8 Å². The minimum Gasteiger partial charge on any atom is -0.492 e. The van der Waals surface area contributed by atoms with E-state index in [-0.39, 0.29) is 18.2 Å². The number of piperazine rings is 1. The molecule has 0 amide bonds. The lowest BCUT2D eigenvalue weighted by Gasteiger charge is -2.38. The number of aliphatic hydroxyl groups is 1. The van der Waals surface area contributed by atoms with E-state index in [2.05, 4.69) is 16.7 Å². The van der Waals surface area contributed by atoms with Crippen molar-refractivity contribution >= 4 is 10.9 Å². The maximum atomic E-state index is 13.6. The Hall–Kier alpha value is -2.74. The zero-order chi connectivity index (χ0) is 21.8. The van der Waals surface area contributed by atoms with E-state index in [1.165, 1.54) is 0 Å². The monoisotopic (exact) mass is 422 g/mol. The number of aromatic nitrogens is 2. The maximum Gasteiger partial charge on any atom is 0.266 e. The zero-order valence-electron chi connectivity index (χ0n) is 18.2. The Morgan fingerprint density at radius 3 is 2.52 bits per heavy atom. The van der Waals surface area contributed by atoms with Crippen molar-refractivity contribution in [1.82, 2.24) is 19.4 Å². The highest BCUT2D eigenvalue weighted by Crippen LogP contribution is 2.28. The summed E-state index contributed by atoms with van der Waals surface area (Å²) in [6.07, 6.45) is 0. The molecule has 0 aliphatic carbocycles. The van der Waals surface area contributed by atoms with Crippen LogP contribution < -0.4 is 10.3 Å². The predicted octanol–water partition coefficient (Wildman–Crippen LogP) is 2.46. The van der Waals surface area contributed by atoms with E-state index >= 15 is 0 Å². The molecule has 3 aromatic rings. The zero-order valence-corrected chi connectivity index (χ0v) is 18.2. The molecular formula is C24H30N4O3. The number of aliphatic hydroxyl groups excluding tert-OH is 1. The van der Waals surface area contributed by atoms with E-state index in [0.29, 0.717) is 41.3 Å². The van der Waals surface area contributed by atoms with E-state index in [0.717, 1.165) is 26.2 Å². The van der Waals surface area contributed by atoms with Crippen molar-refractivity contribution in [2.45, 2.75) is 19.9 Å². The number of rotatable bonds is 7. The number of ether oxygens (including phenoxy) is 1. The Bertz CT molecular complexity index is 1090. The molecule has 0 saturated carbocycles. The van der Waals surface area contributed by atoms with Gasteiger partial charge in [0, 0.05) is 32.7 Å². The Kier molecular flexibility index (Phi) is 6.65. The summed E-state index contributed by atoms with van der Waals surface area (Å²) in [4.78, 5) is 23.2. The van der Waals surface area contributed by atoms with Crippen LogP contribution in [0, 0.1) is 0 Å². The number of para-hydroxylation sites is 3. The molecule has 4 rings (SSSR count). The van der Waals surface area contributed by atoms with Crippen LogP contribution in [-0.4, -0.2) is 70.4 Å². The average Bonchev–Trinajstić information content (AvgIpc) is 2.80. The van der Waals surface area contributed by atoms with E-state index in [1.807, 2.05) is 55.5 Å². The predicted molar refractivity (Wildman–Crippen MR) is 122 cm³/mol. The third-order valence-electron chi connectivity index (χ3n) is 5.95. The van der Waals surface area contributed by atoms with Crippen LogP contribution in [0.15, 0.2) is 53.3 Å². The lowest BCUT2D eigenvalue weighted by Crippen LogP contribution is -2.48. The largest absolute Gasteiger partial charge is 0.492 e. The number of hydrogen-bond acceptors (Lipinski definition) is 6. The van der Waals surface area contributed by atoms with Crippen LogP contribution in [0.2, 0.25) is 0 Å². The highest BCUT2D eigenvalue weighted by atomic mass is 16.5. The minimum atomic E-state index is -0.0847. The third kappa shape index (κ3) is 4.35. The summed E-state index contributed by atoms with van der Waals surface area (Å²) in [5.41, 5.74) is 1.34. The first kappa shape index (κ1) is 21.5. The van der Waals surface area contributed by atoms with Crippen molar-refractivity contribution < 1.29 is 9.84 Å². The molecule has 0 bridgehead atoms. The molecule has 2 heterocycles. The van der Waals surface area contributed by atoms with E-state index in [9.17, 15) is 9.90 Å². The lowest BCUT2D eigenvalue weighted by atomic mass is 10.1. The summed E-state index contributed by atoms with van der Waals surface area (Å²) in [5.74, 6) is 1.39. The Labute approximate surface area is 182 Å². The summed E-state index contributed by atoms with van der Waals surface area (Å²) in [7, 11) is 0. The molecule has 1 N–H and O–H groups in total. The van der Waals surface area contributed by atoms with Crippen molar-refractivity contribution in [2.75, 3.05) is 45.9 Å². The topological polar surface area (TPSA) is 70.8 Å². The Balaban J connectivity index is 1.81.